The Morgan fingerprint density at radius 1 is 1.39 bits per heavy atom. The zero-order valence-electron chi connectivity index (χ0n) is 10.9. The zero-order valence-corrected chi connectivity index (χ0v) is 10.9. The maximum absolute atomic E-state index is 12.0. The van der Waals surface area contributed by atoms with E-state index in [1.54, 1.807) is 0 Å². The van der Waals surface area contributed by atoms with E-state index in [2.05, 4.69) is 19.2 Å². The number of benzene rings is 1. The van der Waals surface area contributed by atoms with Crippen LogP contribution in [-0.4, -0.2) is 24.7 Å². The molecule has 0 aromatic heterocycles. The summed E-state index contributed by atoms with van der Waals surface area (Å²) in [5.41, 5.74) is 7.14. The number of hydrogen-bond acceptors (Lipinski definition) is 3. The molecule has 0 saturated carbocycles. The molecule has 4 nitrogen and oxygen atoms in total. The van der Waals surface area contributed by atoms with Crippen molar-refractivity contribution in [1.82, 2.24) is 0 Å². The van der Waals surface area contributed by atoms with Gasteiger partial charge in [0.25, 0.3) is 0 Å². The number of rotatable bonds is 3. The number of nitrogens with one attached hydrogen (secondary N) is 1. The Hall–Kier alpha value is -1.39. The van der Waals surface area contributed by atoms with Crippen LogP contribution in [0.5, 0.6) is 0 Å². The molecule has 98 valence electrons. The minimum Gasteiger partial charge on any atom is -0.379 e. The quantitative estimate of drug-likeness (QED) is 0.858. The van der Waals surface area contributed by atoms with Gasteiger partial charge >= 0.3 is 0 Å². The molecule has 3 N–H and O–H groups in total. The number of carbonyl (C=O) groups is 1. The van der Waals surface area contributed by atoms with Gasteiger partial charge in [-0.1, -0.05) is 26.0 Å². The van der Waals surface area contributed by atoms with E-state index in [1.807, 2.05) is 24.3 Å². The van der Waals surface area contributed by atoms with Crippen LogP contribution in [0.1, 0.15) is 31.7 Å². The van der Waals surface area contributed by atoms with E-state index >= 15 is 0 Å². The first kappa shape index (κ1) is 13.1. The van der Waals surface area contributed by atoms with Crippen molar-refractivity contribution in [3.8, 4) is 0 Å². The maximum atomic E-state index is 12.0. The summed E-state index contributed by atoms with van der Waals surface area (Å²) in [6.07, 6.45) is 0.572. The number of carbonyl (C=O) groups excluding carboxylic acids is 1. The van der Waals surface area contributed by atoms with Crippen LogP contribution in [0.2, 0.25) is 0 Å². The number of ether oxygens (including phenoxy) is 1. The van der Waals surface area contributed by atoms with Crippen LogP contribution in [0.3, 0.4) is 0 Å². The topological polar surface area (TPSA) is 64.4 Å². The highest BCUT2D eigenvalue weighted by molar-refractivity contribution is 5.98. The van der Waals surface area contributed by atoms with Gasteiger partial charge in [-0.2, -0.15) is 0 Å². The monoisotopic (exact) mass is 248 g/mol. The van der Waals surface area contributed by atoms with Crippen molar-refractivity contribution in [1.29, 1.82) is 0 Å². The molecule has 0 aliphatic carbocycles. The van der Waals surface area contributed by atoms with Gasteiger partial charge in [-0.25, -0.2) is 0 Å². The number of nitrogens with two attached hydrogens (primary N) is 1. The van der Waals surface area contributed by atoms with Gasteiger partial charge < -0.3 is 15.8 Å². The number of amides is 1. The Balaban J connectivity index is 2.03. The SMILES string of the molecule is CC(C)c1ccc(NC(=O)C2(N)CCOC2)cc1. The van der Waals surface area contributed by atoms with Crippen LogP contribution >= 0.6 is 0 Å². The van der Waals surface area contributed by atoms with Crippen molar-refractivity contribution in [2.75, 3.05) is 18.5 Å². The molecule has 0 radical (unpaired) electrons. The summed E-state index contributed by atoms with van der Waals surface area (Å²) >= 11 is 0. The summed E-state index contributed by atoms with van der Waals surface area (Å²) in [6.45, 7) is 5.12. The third-order valence-electron chi connectivity index (χ3n) is 3.34. The van der Waals surface area contributed by atoms with Crippen LogP contribution < -0.4 is 11.1 Å². The Kier molecular flexibility index (Phi) is 3.68. The van der Waals surface area contributed by atoms with Gasteiger partial charge in [0.2, 0.25) is 5.91 Å². The summed E-state index contributed by atoms with van der Waals surface area (Å²) in [5, 5.41) is 2.85. The second-order valence-corrected chi connectivity index (χ2v) is 5.19. The van der Waals surface area contributed by atoms with E-state index in [4.69, 9.17) is 10.5 Å². The highest BCUT2D eigenvalue weighted by Crippen LogP contribution is 2.20. The van der Waals surface area contributed by atoms with E-state index in [9.17, 15) is 4.79 Å². The third kappa shape index (κ3) is 2.71. The molecular weight excluding hydrogens is 228 g/mol. The van der Waals surface area contributed by atoms with E-state index < -0.39 is 5.54 Å². The third-order valence-corrected chi connectivity index (χ3v) is 3.34. The Morgan fingerprint density at radius 2 is 2.06 bits per heavy atom. The van der Waals surface area contributed by atoms with Crippen LogP contribution in [0.4, 0.5) is 5.69 Å². The second-order valence-electron chi connectivity index (χ2n) is 5.19. The van der Waals surface area contributed by atoms with Crippen molar-refractivity contribution >= 4 is 11.6 Å². The maximum Gasteiger partial charge on any atom is 0.246 e. The summed E-state index contributed by atoms with van der Waals surface area (Å²) in [7, 11) is 0. The molecule has 0 bridgehead atoms. The fourth-order valence-electron chi connectivity index (χ4n) is 1.97. The van der Waals surface area contributed by atoms with Crippen LogP contribution in [0.15, 0.2) is 24.3 Å². The molecule has 0 spiro atoms. The van der Waals surface area contributed by atoms with Gasteiger partial charge in [-0.15, -0.1) is 0 Å². The van der Waals surface area contributed by atoms with Crippen LogP contribution in [-0.2, 0) is 9.53 Å². The van der Waals surface area contributed by atoms with Gasteiger partial charge in [0, 0.05) is 12.3 Å². The van der Waals surface area contributed by atoms with E-state index in [0.717, 1.165) is 5.69 Å². The lowest BCUT2D eigenvalue weighted by atomic mass is 9.99. The number of hydrogen-bond donors (Lipinski definition) is 2. The van der Waals surface area contributed by atoms with Crippen molar-refractivity contribution in [3.05, 3.63) is 29.8 Å². The van der Waals surface area contributed by atoms with Gasteiger partial charge in [-0.3, -0.25) is 4.79 Å². The minimum atomic E-state index is -0.878. The standard InChI is InChI=1S/C14H20N2O2/c1-10(2)11-3-5-12(6-4-11)16-13(17)14(15)7-8-18-9-14/h3-6,10H,7-9,15H2,1-2H3,(H,16,17). The van der Waals surface area contributed by atoms with Crippen LogP contribution in [0.25, 0.3) is 0 Å². The molecule has 18 heavy (non-hydrogen) atoms. The van der Waals surface area contributed by atoms with Crippen molar-refractivity contribution < 1.29 is 9.53 Å². The highest BCUT2D eigenvalue weighted by Gasteiger charge is 2.38. The molecule has 4 heteroatoms. The smallest absolute Gasteiger partial charge is 0.246 e. The lowest BCUT2D eigenvalue weighted by molar-refractivity contribution is -0.121. The average molecular weight is 248 g/mol. The lowest BCUT2D eigenvalue weighted by Crippen LogP contribution is -2.51. The highest BCUT2D eigenvalue weighted by atomic mass is 16.5. The summed E-state index contributed by atoms with van der Waals surface area (Å²) in [4.78, 5) is 12.0. The molecule has 2 rings (SSSR count). The molecule has 1 fully saturated rings. The normalized spacial score (nSPS) is 23.3. The molecule has 1 unspecified atom stereocenters. The summed E-state index contributed by atoms with van der Waals surface area (Å²) in [5.74, 6) is 0.316. The minimum absolute atomic E-state index is 0.169. The van der Waals surface area contributed by atoms with E-state index in [1.165, 1.54) is 5.56 Å². The second kappa shape index (κ2) is 5.08. The zero-order chi connectivity index (χ0) is 13.2. The predicted octanol–water partition coefficient (Wildman–Crippen LogP) is 1.87. The average Bonchev–Trinajstić information content (AvgIpc) is 2.78. The molecule has 1 saturated heterocycles. The fourth-order valence-corrected chi connectivity index (χ4v) is 1.97. The molecule has 1 heterocycles. The molecule has 1 aromatic rings. The first-order valence-electron chi connectivity index (χ1n) is 6.29. The molecule has 1 atom stereocenters. The van der Waals surface area contributed by atoms with Gasteiger partial charge in [0.05, 0.1) is 6.61 Å². The molecule has 1 amide bonds. The van der Waals surface area contributed by atoms with E-state index in [0.29, 0.717) is 25.6 Å². The first-order valence-corrected chi connectivity index (χ1v) is 6.29. The van der Waals surface area contributed by atoms with Gasteiger partial charge in [-0.05, 0) is 30.0 Å². The molecule has 1 aromatic carbocycles. The van der Waals surface area contributed by atoms with Crippen molar-refractivity contribution in [2.24, 2.45) is 5.73 Å². The summed E-state index contributed by atoms with van der Waals surface area (Å²) < 4.78 is 5.18. The molecule has 1 aliphatic rings. The van der Waals surface area contributed by atoms with E-state index in [-0.39, 0.29) is 5.91 Å². The number of anilines is 1. The van der Waals surface area contributed by atoms with Crippen LogP contribution in [0, 0.1) is 0 Å². The lowest BCUT2D eigenvalue weighted by Gasteiger charge is -2.20. The Bertz CT molecular complexity index is 420. The van der Waals surface area contributed by atoms with Crippen molar-refractivity contribution in [2.45, 2.75) is 31.7 Å². The Morgan fingerprint density at radius 3 is 2.56 bits per heavy atom. The first-order chi connectivity index (χ1) is 8.51. The largest absolute Gasteiger partial charge is 0.379 e. The predicted molar refractivity (Wildman–Crippen MR) is 71.5 cm³/mol. The van der Waals surface area contributed by atoms with Crippen molar-refractivity contribution in [3.63, 3.8) is 0 Å². The Labute approximate surface area is 108 Å². The molecule has 1 aliphatic heterocycles. The van der Waals surface area contributed by atoms with Gasteiger partial charge in [0.15, 0.2) is 0 Å². The summed E-state index contributed by atoms with van der Waals surface area (Å²) in [6, 6.07) is 7.86. The molecular formula is C14H20N2O2. The fraction of sp³-hybridized carbons (Fsp3) is 0.500. The van der Waals surface area contributed by atoms with Gasteiger partial charge in [0.1, 0.15) is 5.54 Å².